The lowest BCUT2D eigenvalue weighted by molar-refractivity contribution is -0.141. The molecule has 1 aromatic carbocycles. The van der Waals surface area contributed by atoms with Crippen LogP contribution < -0.4 is 10.2 Å². The van der Waals surface area contributed by atoms with Crippen LogP contribution in [0.25, 0.3) is 0 Å². The zero-order valence-corrected chi connectivity index (χ0v) is 16.3. The van der Waals surface area contributed by atoms with Crippen molar-refractivity contribution >= 4 is 34.0 Å². The van der Waals surface area contributed by atoms with Gasteiger partial charge in [0.2, 0.25) is 5.13 Å². The van der Waals surface area contributed by atoms with Gasteiger partial charge in [-0.25, -0.2) is 14.4 Å². The fraction of sp³-hybridized carbons (Fsp3) is 0.250. The van der Waals surface area contributed by atoms with E-state index in [1.54, 1.807) is 26.2 Å². The molecule has 2 heterocycles. The number of alkyl halides is 3. The predicted octanol–water partition coefficient (Wildman–Crippen LogP) is 4.32. The standard InChI is InChI=1S/C16H14F4N6S2/c1-26(2)12-7-11(16(18,19)20)22-14(23-12)28-15-25-24-13(27-15)21-8-9-3-5-10(17)6-4-9/h3-7H,8H2,1-2H3,(H,21,24). The largest absolute Gasteiger partial charge is 0.433 e. The van der Waals surface area contributed by atoms with Gasteiger partial charge in [-0.3, -0.25) is 0 Å². The van der Waals surface area contributed by atoms with E-state index in [0.29, 0.717) is 16.0 Å². The van der Waals surface area contributed by atoms with Crippen molar-refractivity contribution in [2.24, 2.45) is 0 Å². The van der Waals surface area contributed by atoms with Gasteiger partial charge in [0.15, 0.2) is 15.2 Å². The first-order valence-corrected chi connectivity index (χ1v) is 9.47. The first-order valence-electron chi connectivity index (χ1n) is 7.84. The van der Waals surface area contributed by atoms with Crippen molar-refractivity contribution in [3.8, 4) is 0 Å². The number of nitrogens with zero attached hydrogens (tertiary/aromatic N) is 5. The number of aromatic nitrogens is 4. The molecule has 2 aromatic heterocycles. The lowest BCUT2D eigenvalue weighted by Gasteiger charge is -2.14. The third-order valence-corrected chi connectivity index (χ3v) is 5.18. The molecule has 0 radical (unpaired) electrons. The van der Waals surface area contributed by atoms with Crippen molar-refractivity contribution in [3.63, 3.8) is 0 Å². The van der Waals surface area contributed by atoms with E-state index < -0.39 is 11.9 Å². The molecule has 0 saturated heterocycles. The van der Waals surface area contributed by atoms with Crippen molar-refractivity contribution in [3.05, 3.63) is 47.4 Å². The number of anilines is 2. The Morgan fingerprint density at radius 3 is 2.46 bits per heavy atom. The lowest BCUT2D eigenvalue weighted by Crippen LogP contribution is -2.15. The van der Waals surface area contributed by atoms with Crippen LogP contribution in [0, 0.1) is 5.82 Å². The molecule has 0 amide bonds. The second-order valence-electron chi connectivity index (χ2n) is 5.74. The van der Waals surface area contributed by atoms with Gasteiger partial charge >= 0.3 is 6.18 Å². The highest BCUT2D eigenvalue weighted by Gasteiger charge is 2.34. The topological polar surface area (TPSA) is 66.8 Å². The fourth-order valence-electron chi connectivity index (χ4n) is 2.01. The maximum atomic E-state index is 13.1. The van der Waals surface area contributed by atoms with Gasteiger partial charge in [-0.05, 0) is 29.5 Å². The number of rotatable bonds is 6. The van der Waals surface area contributed by atoms with Gasteiger partial charge < -0.3 is 10.2 Å². The average molecular weight is 430 g/mol. The Morgan fingerprint density at radius 2 is 1.82 bits per heavy atom. The number of hydrogen-bond donors (Lipinski definition) is 1. The maximum Gasteiger partial charge on any atom is 0.433 e. The third-order valence-electron chi connectivity index (χ3n) is 3.38. The highest BCUT2D eigenvalue weighted by molar-refractivity contribution is 8.00. The Balaban J connectivity index is 1.72. The van der Waals surface area contributed by atoms with Crippen LogP contribution in [0.15, 0.2) is 39.8 Å². The monoisotopic (exact) mass is 430 g/mol. The minimum atomic E-state index is -4.58. The van der Waals surface area contributed by atoms with Crippen LogP contribution >= 0.6 is 23.1 Å². The lowest BCUT2D eigenvalue weighted by atomic mass is 10.2. The van der Waals surface area contributed by atoms with E-state index >= 15 is 0 Å². The van der Waals surface area contributed by atoms with Crippen molar-refractivity contribution in [1.29, 1.82) is 0 Å². The quantitative estimate of drug-likeness (QED) is 0.462. The Labute approximate surface area is 166 Å². The zero-order chi connectivity index (χ0) is 20.3. The van der Waals surface area contributed by atoms with Gasteiger partial charge in [0.1, 0.15) is 11.6 Å². The Kier molecular flexibility index (Phi) is 5.98. The molecular formula is C16H14F4N6S2. The fourth-order valence-corrected chi connectivity index (χ4v) is 3.63. The van der Waals surface area contributed by atoms with E-state index in [4.69, 9.17) is 0 Å². The summed E-state index contributed by atoms with van der Waals surface area (Å²) in [6, 6.07) is 6.87. The zero-order valence-electron chi connectivity index (χ0n) is 14.7. The van der Waals surface area contributed by atoms with Gasteiger partial charge in [0.25, 0.3) is 0 Å². The SMILES string of the molecule is CN(C)c1cc(C(F)(F)F)nc(Sc2nnc(NCc3ccc(F)cc3)s2)n1. The minimum absolute atomic E-state index is 0.0697. The summed E-state index contributed by atoms with van der Waals surface area (Å²) in [6.45, 7) is 0.407. The minimum Gasteiger partial charge on any atom is -0.363 e. The molecule has 0 aliphatic rings. The Hall–Kier alpha value is -2.47. The normalized spacial score (nSPS) is 11.5. The van der Waals surface area contributed by atoms with Crippen LogP contribution in [0.3, 0.4) is 0 Å². The summed E-state index contributed by atoms with van der Waals surface area (Å²) in [5, 5.41) is 11.3. The number of halogens is 4. The van der Waals surface area contributed by atoms with E-state index in [-0.39, 0.29) is 16.8 Å². The van der Waals surface area contributed by atoms with Gasteiger partial charge in [-0.15, -0.1) is 10.2 Å². The van der Waals surface area contributed by atoms with Gasteiger partial charge in [0.05, 0.1) is 0 Å². The number of benzene rings is 1. The van der Waals surface area contributed by atoms with Crippen molar-refractivity contribution in [1.82, 2.24) is 20.2 Å². The van der Waals surface area contributed by atoms with Crippen molar-refractivity contribution in [2.75, 3.05) is 24.3 Å². The molecule has 0 atom stereocenters. The van der Waals surface area contributed by atoms with Crippen LogP contribution in [0.1, 0.15) is 11.3 Å². The molecule has 148 valence electrons. The average Bonchev–Trinajstić information content (AvgIpc) is 3.07. The van der Waals surface area contributed by atoms with Crippen LogP contribution in [0.2, 0.25) is 0 Å². The molecule has 0 aliphatic heterocycles. The summed E-state index contributed by atoms with van der Waals surface area (Å²) in [4.78, 5) is 9.16. The molecule has 0 unspecified atom stereocenters. The number of hydrogen-bond acceptors (Lipinski definition) is 8. The highest BCUT2D eigenvalue weighted by Crippen LogP contribution is 2.34. The first-order chi connectivity index (χ1) is 13.2. The Bertz CT molecular complexity index is 943. The summed E-state index contributed by atoms with van der Waals surface area (Å²) in [5.74, 6) is -0.180. The van der Waals surface area contributed by atoms with Crippen molar-refractivity contribution < 1.29 is 17.6 Å². The number of nitrogens with one attached hydrogen (secondary N) is 1. The molecule has 3 aromatic rings. The van der Waals surface area contributed by atoms with Gasteiger partial charge in [0, 0.05) is 26.7 Å². The van der Waals surface area contributed by atoms with Crippen LogP contribution in [0.4, 0.5) is 28.5 Å². The second-order valence-corrected chi connectivity index (χ2v) is 7.93. The third kappa shape index (κ3) is 5.29. The van der Waals surface area contributed by atoms with E-state index in [9.17, 15) is 17.6 Å². The molecule has 0 aliphatic carbocycles. The molecule has 0 saturated carbocycles. The van der Waals surface area contributed by atoms with Crippen LogP contribution in [0.5, 0.6) is 0 Å². The van der Waals surface area contributed by atoms with E-state index in [0.717, 1.165) is 34.7 Å². The summed E-state index contributed by atoms with van der Waals surface area (Å²) >= 11 is 2.06. The summed E-state index contributed by atoms with van der Waals surface area (Å²) in [7, 11) is 3.19. The van der Waals surface area contributed by atoms with Gasteiger partial charge in [-0.2, -0.15) is 13.2 Å². The van der Waals surface area contributed by atoms with Crippen molar-refractivity contribution in [2.45, 2.75) is 22.2 Å². The predicted molar refractivity (Wildman–Crippen MR) is 99.1 cm³/mol. The molecule has 1 N–H and O–H groups in total. The first kappa shape index (κ1) is 20.3. The molecule has 0 fully saturated rings. The summed E-state index contributed by atoms with van der Waals surface area (Å²) < 4.78 is 52.5. The van der Waals surface area contributed by atoms with Crippen LogP contribution in [-0.4, -0.2) is 34.3 Å². The highest BCUT2D eigenvalue weighted by atomic mass is 32.2. The Morgan fingerprint density at radius 1 is 1.11 bits per heavy atom. The molecule has 12 heteroatoms. The molecule has 0 bridgehead atoms. The molecule has 3 rings (SSSR count). The maximum absolute atomic E-state index is 13.1. The molecular weight excluding hydrogens is 416 g/mol. The van der Waals surface area contributed by atoms with Gasteiger partial charge in [-0.1, -0.05) is 23.5 Å². The second kappa shape index (κ2) is 8.27. The summed E-state index contributed by atoms with van der Waals surface area (Å²) in [6.07, 6.45) is -4.58. The van der Waals surface area contributed by atoms with E-state index in [2.05, 4.69) is 25.5 Å². The van der Waals surface area contributed by atoms with E-state index in [1.807, 2.05) is 0 Å². The molecule has 6 nitrogen and oxygen atoms in total. The van der Waals surface area contributed by atoms with E-state index in [1.165, 1.54) is 17.0 Å². The van der Waals surface area contributed by atoms with Crippen LogP contribution in [-0.2, 0) is 12.7 Å². The smallest absolute Gasteiger partial charge is 0.363 e. The summed E-state index contributed by atoms with van der Waals surface area (Å²) in [5.41, 5.74) is -0.171. The molecule has 28 heavy (non-hydrogen) atoms. The molecule has 0 spiro atoms.